The van der Waals surface area contributed by atoms with Crippen molar-refractivity contribution < 1.29 is 9.90 Å². The third-order valence-corrected chi connectivity index (χ3v) is 3.95. The molecule has 7 heteroatoms. The van der Waals surface area contributed by atoms with Crippen LogP contribution >= 0.6 is 11.8 Å². The number of aryl methyl sites for hydroxylation is 1. The number of allylic oxidation sites excluding steroid dienone is 1. The van der Waals surface area contributed by atoms with Crippen molar-refractivity contribution >= 4 is 23.4 Å². The van der Waals surface area contributed by atoms with Crippen LogP contribution < -0.4 is 10.9 Å². The lowest BCUT2D eigenvalue weighted by Gasteiger charge is -2.08. The third-order valence-electron chi connectivity index (χ3n) is 3.08. The molecule has 0 bridgehead atoms. The number of carbonyl (C=O) groups is 1. The molecule has 0 aliphatic carbocycles. The van der Waals surface area contributed by atoms with Gasteiger partial charge < -0.3 is 15.4 Å². The fourth-order valence-corrected chi connectivity index (χ4v) is 2.55. The average molecular weight is 331 g/mol. The molecule has 0 aliphatic rings. The van der Waals surface area contributed by atoms with Crippen molar-refractivity contribution in [2.45, 2.75) is 18.5 Å². The smallest absolute Gasteiger partial charge is 0.258 e. The highest BCUT2D eigenvalue weighted by molar-refractivity contribution is 7.99. The van der Waals surface area contributed by atoms with Crippen molar-refractivity contribution in [3.05, 3.63) is 58.4 Å². The number of benzene rings is 1. The van der Waals surface area contributed by atoms with Gasteiger partial charge in [-0.05, 0) is 18.6 Å². The van der Waals surface area contributed by atoms with E-state index in [0.29, 0.717) is 0 Å². The number of hydrogen-bond donors (Lipinski definition) is 3. The first-order valence-corrected chi connectivity index (χ1v) is 7.91. The number of rotatable bonds is 6. The van der Waals surface area contributed by atoms with E-state index in [1.54, 1.807) is 0 Å². The summed E-state index contributed by atoms with van der Waals surface area (Å²) in [6, 6.07) is 7.44. The molecular formula is C16H17N3O3S. The summed E-state index contributed by atoms with van der Waals surface area (Å²) in [6.07, 6.45) is 1.74. The summed E-state index contributed by atoms with van der Waals surface area (Å²) in [4.78, 5) is 30.2. The molecule has 1 amide bonds. The molecule has 0 fully saturated rings. The van der Waals surface area contributed by atoms with Crippen LogP contribution in [0.15, 0.2) is 46.9 Å². The van der Waals surface area contributed by atoms with Gasteiger partial charge in [0.2, 0.25) is 11.8 Å². The molecule has 0 atom stereocenters. The highest BCUT2D eigenvalue weighted by atomic mass is 32.2. The number of nitrogens with one attached hydrogen (secondary N) is 2. The predicted molar refractivity (Wildman–Crippen MR) is 91.0 cm³/mol. The van der Waals surface area contributed by atoms with Crippen molar-refractivity contribution in [1.29, 1.82) is 0 Å². The van der Waals surface area contributed by atoms with Gasteiger partial charge in [-0.3, -0.25) is 9.59 Å². The minimum atomic E-state index is -0.431. The molecule has 3 N–H and O–H groups in total. The lowest BCUT2D eigenvalue weighted by molar-refractivity contribution is -0.113. The number of aromatic amines is 1. The molecular weight excluding hydrogens is 314 g/mol. The second kappa shape index (κ2) is 7.64. The fourth-order valence-electron chi connectivity index (χ4n) is 1.90. The van der Waals surface area contributed by atoms with Gasteiger partial charge in [-0.25, -0.2) is 0 Å². The minimum absolute atomic E-state index is 0.0670. The molecule has 1 aromatic heterocycles. The van der Waals surface area contributed by atoms with E-state index >= 15 is 0 Å². The number of thioether (sulfide) groups is 1. The predicted octanol–water partition coefficient (Wildman–Crippen LogP) is 2.24. The lowest BCUT2D eigenvalue weighted by Crippen LogP contribution is -2.17. The maximum Gasteiger partial charge on any atom is 0.258 e. The monoisotopic (exact) mass is 331 g/mol. The zero-order chi connectivity index (χ0) is 16.8. The molecule has 2 rings (SSSR count). The van der Waals surface area contributed by atoms with E-state index < -0.39 is 5.56 Å². The number of aromatic hydroxyl groups is 1. The molecule has 0 unspecified atom stereocenters. The molecule has 0 radical (unpaired) electrons. The number of nitrogens with zero attached hydrogens (tertiary/aromatic N) is 1. The Kier molecular flexibility index (Phi) is 5.59. The Hall–Kier alpha value is -2.54. The van der Waals surface area contributed by atoms with Gasteiger partial charge in [0.25, 0.3) is 5.56 Å². The van der Waals surface area contributed by atoms with Crippen LogP contribution in [0.1, 0.15) is 11.1 Å². The molecule has 1 aromatic carbocycles. The van der Waals surface area contributed by atoms with Crippen molar-refractivity contribution in [2.24, 2.45) is 0 Å². The minimum Gasteiger partial charge on any atom is -0.493 e. The topological polar surface area (TPSA) is 95.1 Å². The molecule has 6 nitrogen and oxygen atoms in total. The Morgan fingerprint density at radius 2 is 2.22 bits per heavy atom. The maximum atomic E-state index is 11.9. The first-order chi connectivity index (χ1) is 11.0. The SMILES string of the molecule is C=CCc1c(O)nc(SCC(=O)Nc2ccccc2C)[nH]c1=O. The number of para-hydroxylation sites is 1. The van der Waals surface area contributed by atoms with E-state index in [2.05, 4.69) is 21.9 Å². The van der Waals surface area contributed by atoms with Crippen molar-refractivity contribution in [2.75, 3.05) is 11.1 Å². The lowest BCUT2D eigenvalue weighted by atomic mass is 10.2. The molecule has 0 saturated heterocycles. The molecule has 120 valence electrons. The number of aromatic nitrogens is 2. The number of amides is 1. The zero-order valence-electron chi connectivity index (χ0n) is 12.6. The number of anilines is 1. The highest BCUT2D eigenvalue weighted by Gasteiger charge is 2.11. The third kappa shape index (κ3) is 4.46. The normalized spacial score (nSPS) is 10.3. The Balaban J connectivity index is 2.01. The molecule has 0 saturated carbocycles. The van der Waals surface area contributed by atoms with Gasteiger partial charge in [0, 0.05) is 12.1 Å². The zero-order valence-corrected chi connectivity index (χ0v) is 13.4. The molecule has 23 heavy (non-hydrogen) atoms. The van der Waals surface area contributed by atoms with Crippen molar-refractivity contribution in [1.82, 2.24) is 9.97 Å². The largest absolute Gasteiger partial charge is 0.493 e. The van der Waals surface area contributed by atoms with Crippen LogP contribution in [0.2, 0.25) is 0 Å². The van der Waals surface area contributed by atoms with Crippen molar-refractivity contribution in [3.8, 4) is 5.88 Å². The second-order valence-electron chi connectivity index (χ2n) is 4.82. The second-order valence-corrected chi connectivity index (χ2v) is 5.78. The maximum absolute atomic E-state index is 11.9. The Bertz CT molecular complexity index is 786. The van der Waals surface area contributed by atoms with Crippen molar-refractivity contribution in [3.63, 3.8) is 0 Å². The first-order valence-electron chi connectivity index (χ1n) is 6.92. The van der Waals surface area contributed by atoms with Crippen LogP contribution in [-0.4, -0.2) is 26.7 Å². The fraction of sp³-hybridized carbons (Fsp3) is 0.188. The average Bonchev–Trinajstić information content (AvgIpc) is 2.51. The van der Waals surface area contributed by atoms with Gasteiger partial charge in [0.05, 0.1) is 11.3 Å². The first kappa shape index (κ1) is 16.8. The van der Waals surface area contributed by atoms with Gasteiger partial charge in [-0.15, -0.1) is 6.58 Å². The van der Waals surface area contributed by atoms with Gasteiger partial charge in [-0.2, -0.15) is 4.98 Å². The summed E-state index contributed by atoms with van der Waals surface area (Å²) >= 11 is 1.04. The highest BCUT2D eigenvalue weighted by Crippen LogP contribution is 2.18. The van der Waals surface area contributed by atoms with E-state index in [4.69, 9.17) is 0 Å². The number of H-pyrrole nitrogens is 1. The van der Waals surface area contributed by atoms with Crippen LogP contribution in [0.5, 0.6) is 5.88 Å². The number of carbonyl (C=O) groups excluding carboxylic acids is 1. The molecule has 0 spiro atoms. The van der Waals surface area contributed by atoms with Gasteiger partial charge in [-0.1, -0.05) is 36.0 Å². The van der Waals surface area contributed by atoms with Crippen LogP contribution in [0.3, 0.4) is 0 Å². The summed E-state index contributed by atoms with van der Waals surface area (Å²) < 4.78 is 0. The van der Waals surface area contributed by atoms with Gasteiger partial charge in [0.1, 0.15) is 0 Å². The molecule has 2 aromatic rings. The van der Waals surface area contributed by atoms with Crippen LogP contribution in [0.25, 0.3) is 0 Å². The summed E-state index contributed by atoms with van der Waals surface area (Å²) in [5.41, 5.74) is 1.43. The van der Waals surface area contributed by atoms with E-state index in [9.17, 15) is 14.7 Å². The van der Waals surface area contributed by atoms with E-state index in [1.165, 1.54) is 6.08 Å². The van der Waals surface area contributed by atoms with E-state index in [1.807, 2.05) is 31.2 Å². The van der Waals surface area contributed by atoms with E-state index in [-0.39, 0.29) is 34.7 Å². The standard InChI is InChI=1S/C16H17N3O3S/c1-3-6-11-14(21)18-16(19-15(11)22)23-9-13(20)17-12-8-5-4-7-10(12)2/h3-5,7-8H,1,6,9H2,2H3,(H,17,20)(H2,18,19,21,22). The van der Waals surface area contributed by atoms with Crippen LogP contribution in [0, 0.1) is 6.92 Å². The summed E-state index contributed by atoms with van der Waals surface area (Å²) in [5, 5.41) is 12.7. The molecule has 1 heterocycles. The van der Waals surface area contributed by atoms with Gasteiger partial charge >= 0.3 is 0 Å². The summed E-state index contributed by atoms with van der Waals surface area (Å²) in [7, 11) is 0. The van der Waals surface area contributed by atoms with Crippen LogP contribution in [-0.2, 0) is 11.2 Å². The molecule has 0 aliphatic heterocycles. The summed E-state index contributed by atoms with van der Waals surface area (Å²) in [5.74, 6) is -0.491. The Morgan fingerprint density at radius 3 is 2.87 bits per heavy atom. The van der Waals surface area contributed by atoms with Crippen LogP contribution in [0.4, 0.5) is 5.69 Å². The van der Waals surface area contributed by atoms with E-state index in [0.717, 1.165) is 23.0 Å². The summed E-state index contributed by atoms with van der Waals surface area (Å²) in [6.45, 7) is 5.42. The Labute approximate surface area is 137 Å². The Morgan fingerprint density at radius 1 is 1.48 bits per heavy atom. The quantitative estimate of drug-likeness (QED) is 0.429. The van der Waals surface area contributed by atoms with Gasteiger partial charge in [0.15, 0.2) is 5.16 Å². The number of hydrogen-bond acceptors (Lipinski definition) is 5.